The summed E-state index contributed by atoms with van der Waals surface area (Å²) in [4.78, 5) is 11.7. The Morgan fingerprint density at radius 2 is 1.91 bits per heavy atom. The van der Waals surface area contributed by atoms with Gasteiger partial charge in [-0.2, -0.15) is 0 Å². The van der Waals surface area contributed by atoms with Crippen LogP contribution in [-0.4, -0.2) is 40.7 Å². The molecule has 1 rings (SSSR count). The molecular weight excluding hydrogens is 282 g/mol. The number of alkyl carbamates (subject to hydrolysis) is 1. The average molecular weight is 307 g/mol. The number of hydrogen-bond acceptors (Lipinski definition) is 4. The van der Waals surface area contributed by atoms with Gasteiger partial charge in [-0.15, -0.1) is 0 Å². The first kappa shape index (κ1) is 18.2. The molecule has 122 valence electrons. The van der Waals surface area contributed by atoms with E-state index >= 15 is 0 Å². The van der Waals surface area contributed by atoms with Crippen LogP contribution in [0.5, 0.6) is 0 Å². The van der Waals surface area contributed by atoms with Crippen LogP contribution in [0, 0.1) is 6.92 Å². The predicted molar refractivity (Wildman–Crippen MR) is 86.5 cm³/mol. The number of benzene rings is 1. The molecule has 0 fully saturated rings. The summed E-state index contributed by atoms with van der Waals surface area (Å²) in [6.45, 7) is 6.84. The largest absolute Gasteiger partial charge is 0.444 e. The van der Waals surface area contributed by atoms with E-state index in [1.54, 1.807) is 26.8 Å². The van der Waals surface area contributed by atoms with Crippen molar-refractivity contribution in [2.45, 2.75) is 45.4 Å². The Labute approximate surface area is 131 Å². The average Bonchev–Trinajstić information content (AvgIpc) is 2.42. The Kier molecular flexibility index (Phi) is 6.59. The zero-order valence-corrected chi connectivity index (χ0v) is 13.5. The molecule has 22 heavy (non-hydrogen) atoms. The summed E-state index contributed by atoms with van der Waals surface area (Å²) in [6, 6.07) is 6.96. The molecule has 0 aliphatic carbocycles. The fraction of sp³-hybridized carbons (Fsp3) is 0.471. The predicted octanol–water partition coefficient (Wildman–Crippen LogP) is 2.25. The summed E-state index contributed by atoms with van der Waals surface area (Å²) in [6.07, 6.45) is 1.58. The lowest BCUT2D eigenvalue weighted by molar-refractivity contribution is 0.0406. The van der Waals surface area contributed by atoms with Crippen molar-refractivity contribution in [3.05, 3.63) is 41.5 Å². The number of amides is 1. The Hall–Kier alpha value is -1.85. The fourth-order valence-corrected chi connectivity index (χ4v) is 1.72. The van der Waals surface area contributed by atoms with E-state index in [1.165, 1.54) is 6.08 Å². The molecule has 1 aromatic carbocycles. The van der Waals surface area contributed by atoms with Crippen molar-refractivity contribution in [2.75, 3.05) is 6.61 Å². The van der Waals surface area contributed by atoms with Gasteiger partial charge in [0.05, 0.1) is 18.8 Å². The van der Waals surface area contributed by atoms with Gasteiger partial charge in [-0.05, 0) is 33.3 Å². The number of ether oxygens (including phenoxy) is 1. The summed E-state index contributed by atoms with van der Waals surface area (Å²) in [5.41, 5.74) is 1.45. The van der Waals surface area contributed by atoms with Gasteiger partial charge in [-0.1, -0.05) is 42.0 Å². The van der Waals surface area contributed by atoms with Crippen LogP contribution >= 0.6 is 0 Å². The Morgan fingerprint density at radius 3 is 2.41 bits per heavy atom. The molecule has 0 aromatic heterocycles. The third kappa shape index (κ3) is 6.74. The first-order valence-electron chi connectivity index (χ1n) is 7.24. The van der Waals surface area contributed by atoms with E-state index in [-0.39, 0.29) is 0 Å². The van der Waals surface area contributed by atoms with Crippen LogP contribution in [0.1, 0.15) is 31.9 Å². The summed E-state index contributed by atoms with van der Waals surface area (Å²) < 4.78 is 5.10. The zero-order chi connectivity index (χ0) is 16.8. The van der Waals surface area contributed by atoms with Gasteiger partial charge in [-0.25, -0.2) is 4.79 Å². The van der Waals surface area contributed by atoms with Gasteiger partial charge in [0.15, 0.2) is 0 Å². The highest BCUT2D eigenvalue weighted by atomic mass is 16.6. The minimum absolute atomic E-state index is 0.390. The highest BCUT2D eigenvalue weighted by Crippen LogP contribution is 2.09. The molecule has 0 unspecified atom stereocenters. The minimum atomic E-state index is -1.01. The molecule has 0 spiro atoms. The number of aryl methyl sites for hydroxylation is 1. The Bertz CT molecular complexity index is 502. The molecule has 0 aliphatic rings. The van der Waals surface area contributed by atoms with Gasteiger partial charge in [0.1, 0.15) is 5.60 Å². The first-order chi connectivity index (χ1) is 10.2. The van der Waals surface area contributed by atoms with Crippen molar-refractivity contribution in [3.63, 3.8) is 0 Å². The van der Waals surface area contributed by atoms with Crippen LogP contribution in [0.25, 0.3) is 6.08 Å². The van der Waals surface area contributed by atoms with Crippen LogP contribution in [0.15, 0.2) is 30.3 Å². The third-order valence-corrected chi connectivity index (χ3v) is 2.87. The fourth-order valence-electron chi connectivity index (χ4n) is 1.72. The molecule has 0 saturated heterocycles. The van der Waals surface area contributed by atoms with E-state index < -0.39 is 30.4 Å². The van der Waals surface area contributed by atoms with Crippen LogP contribution in [-0.2, 0) is 4.74 Å². The molecule has 0 heterocycles. The molecule has 0 saturated carbocycles. The summed E-state index contributed by atoms with van der Waals surface area (Å²) in [7, 11) is 0. The van der Waals surface area contributed by atoms with Crippen LogP contribution in [0.4, 0.5) is 4.79 Å². The molecule has 3 N–H and O–H groups in total. The maximum atomic E-state index is 11.7. The van der Waals surface area contributed by atoms with Gasteiger partial charge >= 0.3 is 6.09 Å². The van der Waals surface area contributed by atoms with E-state index in [0.29, 0.717) is 0 Å². The zero-order valence-electron chi connectivity index (χ0n) is 13.5. The second-order valence-corrected chi connectivity index (χ2v) is 6.20. The minimum Gasteiger partial charge on any atom is -0.444 e. The Morgan fingerprint density at radius 1 is 1.32 bits per heavy atom. The Balaban J connectivity index is 2.62. The van der Waals surface area contributed by atoms with Crippen molar-refractivity contribution < 1.29 is 19.7 Å². The first-order valence-corrected chi connectivity index (χ1v) is 7.24. The molecule has 2 atom stereocenters. The molecule has 1 amide bonds. The second kappa shape index (κ2) is 7.96. The summed E-state index contributed by atoms with van der Waals surface area (Å²) in [5, 5.41) is 21.8. The molecule has 0 radical (unpaired) electrons. The van der Waals surface area contributed by atoms with Gasteiger partial charge in [0.2, 0.25) is 0 Å². The topological polar surface area (TPSA) is 78.8 Å². The third-order valence-electron chi connectivity index (χ3n) is 2.87. The lowest BCUT2D eigenvalue weighted by Gasteiger charge is -2.24. The number of aliphatic hydroxyl groups is 2. The molecule has 0 bridgehead atoms. The van der Waals surface area contributed by atoms with Gasteiger partial charge in [0, 0.05) is 0 Å². The van der Waals surface area contributed by atoms with Crippen molar-refractivity contribution in [2.24, 2.45) is 0 Å². The van der Waals surface area contributed by atoms with Crippen molar-refractivity contribution in [3.8, 4) is 0 Å². The van der Waals surface area contributed by atoms with E-state index in [4.69, 9.17) is 4.74 Å². The van der Waals surface area contributed by atoms with Crippen molar-refractivity contribution in [1.82, 2.24) is 5.32 Å². The van der Waals surface area contributed by atoms with Crippen molar-refractivity contribution >= 4 is 12.2 Å². The quantitative estimate of drug-likeness (QED) is 0.779. The number of aliphatic hydroxyl groups excluding tert-OH is 2. The second-order valence-electron chi connectivity index (χ2n) is 6.20. The molecule has 5 heteroatoms. The van der Waals surface area contributed by atoms with Crippen LogP contribution in [0.2, 0.25) is 0 Å². The lowest BCUT2D eigenvalue weighted by Crippen LogP contribution is -2.46. The maximum Gasteiger partial charge on any atom is 0.408 e. The molecular formula is C17H25NO4. The summed E-state index contributed by atoms with van der Waals surface area (Å²) >= 11 is 0. The van der Waals surface area contributed by atoms with Gasteiger partial charge in [-0.3, -0.25) is 0 Å². The van der Waals surface area contributed by atoms with Crippen LogP contribution < -0.4 is 5.32 Å². The smallest absolute Gasteiger partial charge is 0.408 e. The molecule has 1 aromatic rings. The highest BCUT2D eigenvalue weighted by molar-refractivity contribution is 5.68. The van der Waals surface area contributed by atoms with Gasteiger partial charge in [0.25, 0.3) is 0 Å². The summed E-state index contributed by atoms with van der Waals surface area (Å²) in [5.74, 6) is 0. The standard InChI is InChI=1S/C17H25NO4/c1-12-5-7-13(8-6-12)9-10-15(20)14(11-19)18-16(21)22-17(2,3)4/h5-10,14-15,19-20H,11H2,1-4H3,(H,18,21)/t14-,15+/m0/s1. The monoisotopic (exact) mass is 307 g/mol. The van der Waals surface area contributed by atoms with E-state index in [9.17, 15) is 15.0 Å². The molecule has 0 aliphatic heterocycles. The van der Waals surface area contributed by atoms with E-state index in [2.05, 4.69) is 5.32 Å². The normalized spacial score (nSPS) is 14.6. The van der Waals surface area contributed by atoms with E-state index in [0.717, 1.165) is 11.1 Å². The number of rotatable bonds is 5. The van der Waals surface area contributed by atoms with Crippen molar-refractivity contribution in [1.29, 1.82) is 0 Å². The molecule has 5 nitrogen and oxygen atoms in total. The van der Waals surface area contributed by atoms with Crippen LogP contribution in [0.3, 0.4) is 0 Å². The number of carbonyl (C=O) groups excluding carboxylic acids is 1. The van der Waals surface area contributed by atoms with Gasteiger partial charge < -0.3 is 20.3 Å². The highest BCUT2D eigenvalue weighted by Gasteiger charge is 2.22. The number of hydrogen-bond donors (Lipinski definition) is 3. The number of nitrogens with one attached hydrogen (secondary N) is 1. The van der Waals surface area contributed by atoms with E-state index in [1.807, 2.05) is 31.2 Å². The maximum absolute atomic E-state index is 11.7. The SMILES string of the molecule is Cc1ccc(C=C[C@@H](O)[C@H](CO)NC(=O)OC(C)(C)C)cc1. The lowest BCUT2D eigenvalue weighted by atomic mass is 10.1. The number of carbonyl (C=O) groups is 1.